The van der Waals surface area contributed by atoms with E-state index in [0.717, 1.165) is 30.9 Å². The number of likely N-dealkylation sites (tertiary alicyclic amines) is 1. The van der Waals surface area contributed by atoms with Crippen molar-refractivity contribution in [3.05, 3.63) is 65.7 Å². The zero-order chi connectivity index (χ0) is 18.4. The maximum absolute atomic E-state index is 11.8. The summed E-state index contributed by atoms with van der Waals surface area (Å²) in [6.07, 6.45) is 3.19. The van der Waals surface area contributed by atoms with Gasteiger partial charge < -0.3 is 14.7 Å². The lowest BCUT2D eigenvalue weighted by molar-refractivity contribution is -0.00677. The van der Waals surface area contributed by atoms with Crippen molar-refractivity contribution in [1.82, 2.24) is 4.90 Å². The fraction of sp³-hybridized carbons (Fsp3) is 0.478. The molecule has 0 amide bonds. The molecule has 1 heterocycles. The van der Waals surface area contributed by atoms with Crippen molar-refractivity contribution in [1.29, 1.82) is 0 Å². The van der Waals surface area contributed by atoms with Crippen molar-refractivity contribution in [3.63, 3.8) is 0 Å². The van der Waals surface area contributed by atoms with E-state index in [4.69, 9.17) is 4.74 Å². The fourth-order valence-corrected chi connectivity index (χ4v) is 4.10. The molecule has 1 aliphatic rings. The van der Waals surface area contributed by atoms with Gasteiger partial charge in [-0.15, -0.1) is 0 Å². The molecule has 0 bridgehead atoms. The molecule has 2 aromatic rings. The molecule has 140 valence electrons. The summed E-state index contributed by atoms with van der Waals surface area (Å²) in [4.78, 5) is 2.49. The van der Waals surface area contributed by atoms with Crippen LogP contribution in [0.2, 0.25) is 0 Å². The van der Waals surface area contributed by atoms with E-state index in [9.17, 15) is 5.11 Å². The number of hydrogen-bond acceptors (Lipinski definition) is 3. The van der Waals surface area contributed by atoms with Crippen LogP contribution in [0, 0.1) is 0 Å². The summed E-state index contributed by atoms with van der Waals surface area (Å²) in [6, 6.07) is 18.5. The lowest BCUT2D eigenvalue weighted by Gasteiger charge is -2.38. The monoisotopic (exact) mass is 353 g/mol. The summed E-state index contributed by atoms with van der Waals surface area (Å²) in [6.45, 7) is 7.87. The molecule has 26 heavy (non-hydrogen) atoms. The molecule has 1 saturated heterocycles. The maximum Gasteiger partial charge on any atom is 0.119 e. The molecule has 1 fully saturated rings. The van der Waals surface area contributed by atoms with Crippen molar-refractivity contribution >= 4 is 0 Å². The molecule has 0 aromatic heterocycles. The number of aliphatic hydroxyl groups is 1. The maximum atomic E-state index is 11.8. The Balaban J connectivity index is 1.94. The van der Waals surface area contributed by atoms with Gasteiger partial charge in [-0.05, 0) is 62.5 Å². The smallest absolute Gasteiger partial charge is 0.119 e. The van der Waals surface area contributed by atoms with Gasteiger partial charge in [0, 0.05) is 12.5 Å². The Morgan fingerprint density at radius 3 is 2.23 bits per heavy atom. The highest BCUT2D eigenvalue weighted by molar-refractivity contribution is 5.35. The summed E-state index contributed by atoms with van der Waals surface area (Å²) in [7, 11) is 0. The molecule has 0 saturated carbocycles. The number of nitrogens with zero attached hydrogens (tertiary/aromatic N) is 1. The number of ether oxygens (including phenoxy) is 1. The van der Waals surface area contributed by atoms with Gasteiger partial charge in [-0.3, -0.25) is 0 Å². The van der Waals surface area contributed by atoms with E-state index in [1.54, 1.807) is 0 Å². The minimum atomic E-state index is -0.894. The van der Waals surface area contributed by atoms with Gasteiger partial charge in [-0.2, -0.15) is 0 Å². The summed E-state index contributed by atoms with van der Waals surface area (Å²) < 4.78 is 5.57. The Labute approximate surface area is 157 Å². The molecule has 2 aromatic carbocycles. The molecule has 3 rings (SSSR count). The summed E-state index contributed by atoms with van der Waals surface area (Å²) in [5.41, 5.74) is 1.28. The molecular formula is C23H31NO2. The Hall–Kier alpha value is -1.84. The zero-order valence-electron chi connectivity index (χ0n) is 16.0. The molecule has 3 heteroatoms. The van der Waals surface area contributed by atoms with E-state index in [1.165, 1.54) is 18.4 Å². The molecule has 1 aliphatic heterocycles. The third-order valence-electron chi connectivity index (χ3n) is 5.62. The third kappa shape index (κ3) is 4.11. The third-order valence-corrected chi connectivity index (χ3v) is 5.62. The minimum absolute atomic E-state index is 0.0461. The molecular weight excluding hydrogens is 322 g/mol. The van der Waals surface area contributed by atoms with Gasteiger partial charge >= 0.3 is 0 Å². The van der Waals surface area contributed by atoms with Crippen LogP contribution < -0.4 is 4.74 Å². The van der Waals surface area contributed by atoms with Crippen LogP contribution >= 0.6 is 0 Å². The topological polar surface area (TPSA) is 32.7 Å². The van der Waals surface area contributed by atoms with E-state index in [2.05, 4.69) is 36.1 Å². The van der Waals surface area contributed by atoms with Crippen LogP contribution in [0.3, 0.4) is 0 Å². The molecule has 0 radical (unpaired) electrons. The van der Waals surface area contributed by atoms with E-state index < -0.39 is 5.60 Å². The Morgan fingerprint density at radius 2 is 1.65 bits per heavy atom. The Morgan fingerprint density at radius 1 is 1.00 bits per heavy atom. The predicted molar refractivity (Wildman–Crippen MR) is 107 cm³/mol. The summed E-state index contributed by atoms with van der Waals surface area (Å²) in [5.74, 6) is 0.898. The first-order chi connectivity index (χ1) is 12.7. The van der Waals surface area contributed by atoms with Gasteiger partial charge in [-0.1, -0.05) is 49.4 Å². The first kappa shape index (κ1) is 18.9. The van der Waals surface area contributed by atoms with Gasteiger partial charge in [0.2, 0.25) is 0 Å². The highest BCUT2D eigenvalue weighted by Gasteiger charge is 2.39. The van der Waals surface area contributed by atoms with Crippen molar-refractivity contribution in [2.24, 2.45) is 0 Å². The van der Waals surface area contributed by atoms with Crippen LogP contribution in [-0.2, 0) is 5.60 Å². The average molecular weight is 354 g/mol. The second kappa shape index (κ2) is 8.70. The molecule has 0 spiro atoms. The van der Waals surface area contributed by atoms with Crippen LogP contribution in [0.25, 0.3) is 0 Å². The van der Waals surface area contributed by atoms with E-state index in [0.29, 0.717) is 13.0 Å². The van der Waals surface area contributed by atoms with E-state index >= 15 is 0 Å². The number of hydrogen-bond donors (Lipinski definition) is 1. The SMILES string of the molecule is CCOc1ccc([C@](O)(CC)[C@@H](CN2CCCC2)c2ccccc2)cc1. The van der Waals surface area contributed by atoms with Gasteiger partial charge in [-0.25, -0.2) is 0 Å². The quantitative estimate of drug-likeness (QED) is 0.755. The Bertz CT molecular complexity index is 664. The largest absolute Gasteiger partial charge is 0.494 e. The minimum Gasteiger partial charge on any atom is -0.494 e. The predicted octanol–water partition coefficient (Wildman–Crippen LogP) is 4.56. The average Bonchev–Trinajstić information content (AvgIpc) is 3.20. The van der Waals surface area contributed by atoms with Crippen LogP contribution in [-0.4, -0.2) is 36.2 Å². The van der Waals surface area contributed by atoms with Crippen LogP contribution in [0.1, 0.15) is 50.2 Å². The highest BCUT2D eigenvalue weighted by Crippen LogP contribution is 2.41. The van der Waals surface area contributed by atoms with Crippen LogP contribution in [0.15, 0.2) is 54.6 Å². The van der Waals surface area contributed by atoms with Gasteiger partial charge in [0.15, 0.2) is 0 Å². The van der Waals surface area contributed by atoms with E-state index in [1.807, 2.05) is 37.3 Å². The molecule has 1 N–H and O–H groups in total. The zero-order valence-corrected chi connectivity index (χ0v) is 16.0. The first-order valence-corrected chi connectivity index (χ1v) is 9.90. The molecule has 3 nitrogen and oxygen atoms in total. The summed E-state index contributed by atoms with van der Waals surface area (Å²) in [5, 5.41) is 11.8. The number of benzene rings is 2. The normalized spacial score (nSPS) is 18.4. The lowest BCUT2D eigenvalue weighted by atomic mass is 9.75. The van der Waals surface area contributed by atoms with E-state index in [-0.39, 0.29) is 5.92 Å². The van der Waals surface area contributed by atoms with Crippen molar-refractivity contribution in [3.8, 4) is 5.75 Å². The number of rotatable bonds is 8. The van der Waals surface area contributed by atoms with Gasteiger partial charge in [0.25, 0.3) is 0 Å². The molecule has 0 unspecified atom stereocenters. The standard InChI is InChI=1S/C23H31NO2/c1-3-23(25,20-12-14-21(15-13-20)26-4-2)22(18-24-16-8-9-17-24)19-10-6-5-7-11-19/h5-7,10-15,22,25H,3-4,8-9,16-18H2,1-2H3/t22-,23+/m0/s1. The van der Waals surface area contributed by atoms with Crippen molar-refractivity contribution < 1.29 is 9.84 Å². The first-order valence-electron chi connectivity index (χ1n) is 9.90. The summed E-state index contributed by atoms with van der Waals surface area (Å²) >= 11 is 0. The Kier molecular flexibility index (Phi) is 6.33. The lowest BCUT2D eigenvalue weighted by Crippen LogP contribution is -2.40. The van der Waals surface area contributed by atoms with Crippen molar-refractivity contribution in [2.75, 3.05) is 26.2 Å². The molecule has 2 atom stereocenters. The molecule has 0 aliphatic carbocycles. The fourth-order valence-electron chi connectivity index (χ4n) is 4.10. The van der Waals surface area contributed by atoms with Crippen LogP contribution in [0.5, 0.6) is 5.75 Å². The second-order valence-electron chi connectivity index (χ2n) is 7.21. The highest BCUT2D eigenvalue weighted by atomic mass is 16.5. The van der Waals surface area contributed by atoms with Crippen LogP contribution in [0.4, 0.5) is 0 Å². The second-order valence-corrected chi connectivity index (χ2v) is 7.21. The van der Waals surface area contributed by atoms with Crippen molar-refractivity contribution in [2.45, 2.75) is 44.6 Å². The van der Waals surface area contributed by atoms with Gasteiger partial charge in [0.1, 0.15) is 5.75 Å². The van der Waals surface area contributed by atoms with Gasteiger partial charge in [0.05, 0.1) is 12.2 Å².